The summed E-state index contributed by atoms with van der Waals surface area (Å²) in [7, 11) is -3.68. The molecule has 2 aromatic rings. The van der Waals surface area contributed by atoms with E-state index in [4.69, 9.17) is 0 Å². The van der Waals surface area contributed by atoms with Gasteiger partial charge in [0.2, 0.25) is 15.9 Å². The quantitative estimate of drug-likeness (QED) is 0.711. The third-order valence-electron chi connectivity index (χ3n) is 5.15. The van der Waals surface area contributed by atoms with Gasteiger partial charge in [0, 0.05) is 25.7 Å². The van der Waals surface area contributed by atoms with E-state index in [0.29, 0.717) is 31.4 Å². The molecule has 0 radical (unpaired) electrons. The van der Waals surface area contributed by atoms with Crippen LogP contribution >= 0.6 is 0 Å². The summed E-state index contributed by atoms with van der Waals surface area (Å²) < 4.78 is 29.5. The molecule has 1 fully saturated rings. The number of benzene rings is 1. The van der Waals surface area contributed by atoms with E-state index in [1.54, 1.807) is 22.9 Å². The van der Waals surface area contributed by atoms with Gasteiger partial charge in [0.15, 0.2) is 0 Å². The monoisotopic (exact) mass is 407 g/mol. The Kier molecular flexibility index (Phi) is 6.34. The summed E-state index contributed by atoms with van der Waals surface area (Å²) in [6.45, 7) is 7.35. The van der Waals surface area contributed by atoms with Crippen LogP contribution in [0.2, 0.25) is 0 Å². The minimum absolute atomic E-state index is 0.0521. The molecule has 0 aliphatic carbocycles. The van der Waals surface area contributed by atoms with E-state index in [9.17, 15) is 13.2 Å². The molecule has 0 saturated carbocycles. The predicted octanol–water partition coefficient (Wildman–Crippen LogP) is 2.33. The van der Waals surface area contributed by atoms with Crippen LogP contribution < -0.4 is 5.32 Å². The SMILES string of the molecule is CCCCNC(=O)[C@H]1CCCN(S(=O)(=O)c2ccc3c(c2)nnn3C(C)C)C1. The number of carbonyl (C=O) groups is 1. The Morgan fingerprint density at radius 2 is 2.14 bits per heavy atom. The smallest absolute Gasteiger partial charge is 0.243 e. The molecule has 0 unspecified atom stereocenters. The van der Waals surface area contributed by atoms with Gasteiger partial charge in [-0.15, -0.1) is 5.10 Å². The van der Waals surface area contributed by atoms with Gasteiger partial charge in [-0.2, -0.15) is 4.31 Å². The van der Waals surface area contributed by atoms with Crippen LogP contribution in [0.25, 0.3) is 11.0 Å². The Hall–Kier alpha value is -2.00. The van der Waals surface area contributed by atoms with Gasteiger partial charge in [-0.05, 0) is 51.3 Å². The first-order valence-corrected chi connectivity index (χ1v) is 11.4. The number of amides is 1. The summed E-state index contributed by atoms with van der Waals surface area (Å²) >= 11 is 0. The van der Waals surface area contributed by atoms with Crippen molar-refractivity contribution in [3.63, 3.8) is 0 Å². The van der Waals surface area contributed by atoms with Gasteiger partial charge in [0.05, 0.1) is 16.3 Å². The van der Waals surface area contributed by atoms with Gasteiger partial charge >= 0.3 is 0 Å². The molecular formula is C19H29N5O3S. The molecular weight excluding hydrogens is 378 g/mol. The molecule has 9 heteroatoms. The normalized spacial score (nSPS) is 18.6. The van der Waals surface area contributed by atoms with Crippen LogP contribution in [0.4, 0.5) is 0 Å². The Morgan fingerprint density at radius 3 is 2.86 bits per heavy atom. The highest BCUT2D eigenvalue weighted by molar-refractivity contribution is 7.89. The molecule has 1 aromatic heterocycles. The predicted molar refractivity (Wildman–Crippen MR) is 107 cm³/mol. The van der Waals surface area contributed by atoms with Crippen molar-refractivity contribution in [1.82, 2.24) is 24.6 Å². The van der Waals surface area contributed by atoms with Crippen molar-refractivity contribution >= 4 is 27.0 Å². The van der Waals surface area contributed by atoms with Crippen molar-refractivity contribution in [3.05, 3.63) is 18.2 Å². The third kappa shape index (κ3) is 4.20. The highest BCUT2D eigenvalue weighted by atomic mass is 32.2. The van der Waals surface area contributed by atoms with Crippen molar-refractivity contribution < 1.29 is 13.2 Å². The molecule has 8 nitrogen and oxygen atoms in total. The molecule has 1 amide bonds. The van der Waals surface area contributed by atoms with E-state index in [1.807, 2.05) is 13.8 Å². The standard InChI is InChI=1S/C19H29N5O3S/c1-4-5-10-20-19(25)15-7-6-11-23(13-15)28(26,27)16-8-9-18-17(12-16)21-22-24(18)14(2)3/h8-9,12,14-15H,4-7,10-11,13H2,1-3H3,(H,20,25)/t15-/m0/s1. The second-order valence-corrected chi connectivity index (χ2v) is 9.56. The van der Waals surface area contributed by atoms with Crippen LogP contribution in [0.3, 0.4) is 0 Å². The Bertz CT molecular complexity index is 938. The fraction of sp³-hybridized carbons (Fsp3) is 0.632. The van der Waals surface area contributed by atoms with Crippen LogP contribution in [-0.2, 0) is 14.8 Å². The maximum atomic E-state index is 13.1. The van der Waals surface area contributed by atoms with Crippen molar-refractivity contribution in [2.45, 2.75) is 57.4 Å². The molecule has 1 N–H and O–H groups in total. The number of piperidine rings is 1. The van der Waals surface area contributed by atoms with Crippen molar-refractivity contribution in [2.24, 2.45) is 5.92 Å². The summed E-state index contributed by atoms with van der Waals surface area (Å²) in [4.78, 5) is 12.6. The topological polar surface area (TPSA) is 97.2 Å². The lowest BCUT2D eigenvalue weighted by atomic mass is 9.99. The van der Waals surface area contributed by atoms with Gasteiger partial charge < -0.3 is 5.32 Å². The van der Waals surface area contributed by atoms with E-state index in [2.05, 4.69) is 22.6 Å². The van der Waals surface area contributed by atoms with Crippen LogP contribution in [0.5, 0.6) is 0 Å². The number of unbranched alkanes of at least 4 members (excludes halogenated alkanes) is 1. The van der Waals surface area contributed by atoms with Gasteiger partial charge in [-0.1, -0.05) is 18.6 Å². The van der Waals surface area contributed by atoms with E-state index in [1.165, 1.54) is 4.31 Å². The highest BCUT2D eigenvalue weighted by Gasteiger charge is 2.33. The summed E-state index contributed by atoms with van der Waals surface area (Å²) in [6, 6.07) is 5.06. The molecule has 28 heavy (non-hydrogen) atoms. The maximum absolute atomic E-state index is 13.1. The van der Waals surface area contributed by atoms with E-state index < -0.39 is 10.0 Å². The number of nitrogens with zero attached hydrogens (tertiary/aromatic N) is 4. The molecule has 1 atom stereocenters. The first-order valence-electron chi connectivity index (χ1n) is 9.97. The molecule has 1 aliphatic heterocycles. The van der Waals surface area contributed by atoms with Crippen molar-refractivity contribution in [3.8, 4) is 0 Å². The second-order valence-electron chi connectivity index (χ2n) is 7.63. The van der Waals surface area contributed by atoms with E-state index in [0.717, 1.165) is 18.4 Å². The molecule has 3 rings (SSSR count). The lowest BCUT2D eigenvalue weighted by Gasteiger charge is -2.31. The minimum Gasteiger partial charge on any atom is -0.356 e. The zero-order valence-corrected chi connectivity index (χ0v) is 17.6. The summed E-state index contributed by atoms with van der Waals surface area (Å²) in [5.74, 6) is -0.352. The first kappa shape index (κ1) is 20.7. The average Bonchev–Trinajstić information content (AvgIpc) is 3.11. The van der Waals surface area contributed by atoms with Gasteiger partial charge in [-0.25, -0.2) is 13.1 Å². The summed E-state index contributed by atoms with van der Waals surface area (Å²) in [6.07, 6.45) is 3.33. The largest absolute Gasteiger partial charge is 0.356 e. The molecule has 0 spiro atoms. The molecule has 0 bridgehead atoms. The van der Waals surface area contributed by atoms with E-state index >= 15 is 0 Å². The third-order valence-corrected chi connectivity index (χ3v) is 7.02. The van der Waals surface area contributed by atoms with E-state index in [-0.39, 0.29) is 29.3 Å². The molecule has 1 saturated heterocycles. The Labute approximate surface area is 166 Å². The molecule has 1 aliphatic rings. The van der Waals surface area contributed by atoms with Crippen LogP contribution in [-0.4, -0.2) is 53.3 Å². The van der Waals surface area contributed by atoms with Gasteiger partial charge in [0.1, 0.15) is 5.52 Å². The van der Waals surface area contributed by atoms with Gasteiger partial charge in [-0.3, -0.25) is 4.79 Å². The average molecular weight is 408 g/mol. The molecule has 1 aromatic carbocycles. The Balaban J connectivity index is 1.78. The fourth-order valence-corrected chi connectivity index (χ4v) is 5.06. The minimum atomic E-state index is -3.68. The number of carbonyl (C=O) groups excluding carboxylic acids is 1. The summed E-state index contributed by atoms with van der Waals surface area (Å²) in [5.41, 5.74) is 1.36. The number of hydrogen-bond acceptors (Lipinski definition) is 5. The molecule has 154 valence electrons. The number of fused-ring (bicyclic) bond motifs is 1. The lowest BCUT2D eigenvalue weighted by Crippen LogP contribution is -2.45. The first-order chi connectivity index (χ1) is 13.3. The van der Waals surface area contributed by atoms with Crippen LogP contribution in [0, 0.1) is 5.92 Å². The van der Waals surface area contributed by atoms with Crippen LogP contribution in [0.15, 0.2) is 23.1 Å². The number of sulfonamides is 1. The Morgan fingerprint density at radius 1 is 1.36 bits per heavy atom. The number of aromatic nitrogens is 3. The number of rotatable bonds is 7. The zero-order valence-electron chi connectivity index (χ0n) is 16.8. The molecule has 2 heterocycles. The zero-order chi connectivity index (χ0) is 20.3. The van der Waals surface area contributed by atoms with Crippen LogP contribution in [0.1, 0.15) is 52.5 Å². The highest BCUT2D eigenvalue weighted by Crippen LogP contribution is 2.26. The number of hydrogen-bond donors (Lipinski definition) is 1. The van der Waals surface area contributed by atoms with Gasteiger partial charge in [0.25, 0.3) is 0 Å². The number of nitrogens with one attached hydrogen (secondary N) is 1. The van der Waals surface area contributed by atoms with Crippen molar-refractivity contribution in [1.29, 1.82) is 0 Å². The van der Waals surface area contributed by atoms with Crippen molar-refractivity contribution in [2.75, 3.05) is 19.6 Å². The lowest BCUT2D eigenvalue weighted by molar-refractivity contribution is -0.126. The summed E-state index contributed by atoms with van der Waals surface area (Å²) in [5, 5.41) is 11.1. The maximum Gasteiger partial charge on any atom is 0.243 e. The fourth-order valence-electron chi connectivity index (χ4n) is 3.52. The second kappa shape index (κ2) is 8.57.